The maximum Gasteiger partial charge on any atom is 0.309 e. The van der Waals surface area contributed by atoms with Crippen LogP contribution in [0.15, 0.2) is 42.6 Å². The second-order valence-electron chi connectivity index (χ2n) is 12.7. The lowest BCUT2D eigenvalue weighted by atomic mass is 9.62. The van der Waals surface area contributed by atoms with E-state index in [1.54, 1.807) is 11.4 Å². The molecule has 41 heavy (non-hydrogen) atoms. The number of rotatable bonds is 6. The molecule has 3 fully saturated rings. The summed E-state index contributed by atoms with van der Waals surface area (Å²) in [7, 11) is 0. The number of benzene rings is 1. The van der Waals surface area contributed by atoms with Crippen LogP contribution in [0.3, 0.4) is 0 Å². The Morgan fingerprint density at radius 2 is 1.76 bits per heavy atom. The number of aliphatic carboxylic acids is 1. The van der Waals surface area contributed by atoms with Gasteiger partial charge in [0.05, 0.1) is 17.3 Å². The van der Waals surface area contributed by atoms with Crippen LogP contribution in [0.25, 0.3) is 5.65 Å². The van der Waals surface area contributed by atoms with Crippen molar-refractivity contribution in [2.45, 2.75) is 64.3 Å². The topological polar surface area (TPSA) is 120 Å². The summed E-state index contributed by atoms with van der Waals surface area (Å²) < 4.78 is 1.71. The number of nitrogens with one attached hydrogen (secondary N) is 1. The standard InChI is InChI=1S/C31H38N6O4/c1-20-15-24(36-14-11-30(2,19-36)22-7-5-4-6-8-22)18-37-26(20)33-25(34-37)27(38)32-23-9-12-35(13-10-23)28(39)21-16-31(3,17-21)29(40)41/h4-8,15,18,21,23H,9-14,16-17,19H2,1-3H3,(H,32,38)(H,40,41)/t21?,30-,31?/m0/s1. The zero-order valence-electron chi connectivity index (χ0n) is 24.0. The number of nitrogens with zero attached hydrogens (tertiary/aromatic N) is 5. The molecule has 0 radical (unpaired) electrons. The van der Waals surface area contributed by atoms with Gasteiger partial charge in [-0.1, -0.05) is 37.3 Å². The number of anilines is 1. The van der Waals surface area contributed by atoms with Crippen LogP contribution in [0.1, 0.15) is 67.7 Å². The Balaban J connectivity index is 1.07. The van der Waals surface area contributed by atoms with Gasteiger partial charge in [-0.3, -0.25) is 14.4 Å². The maximum absolute atomic E-state index is 13.1. The van der Waals surface area contributed by atoms with Crippen molar-refractivity contribution in [3.8, 4) is 0 Å². The molecule has 1 atom stereocenters. The molecule has 10 nitrogen and oxygen atoms in total. The van der Waals surface area contributed by atoms with Gasteiger partial charge in [0.2, 0.25) is 11.7 Å². The minimum atomic E-state index is -0.836. The number of amides is 2. The molecule has 2 N–H and O–H groups in total. The Hall–Kier alpha value is -3.95. The van der Waals surface area contributed by atoms with E-state index >= 15 is 0 Å². The summed E-state index contributed by atoms with van der Waals surface area (Å²) in [6, 6.07) is 12.7. The number of carboxylic acid groups (broad SMARTS) is 1. The molecule has 10 heteroatoms. The van der Waals surface area contributed by atoms with Crippen LogP contribution < -0.4 is 10.2 Å². The van der Waals surface area contributed by atoms with Crippen LogP contribution >= 0.6 is 0 Å². The highest BCUT2D eigenvalue weighted by Gasteiger charge is 2.50. The first-order valence-corrected chi connectivity index (χ1v) is 14.6. The van der Waals surface area contributed by atoms with Gasteiger partial charge in [0.1, 0.15) is 0 Å². The molecule has 1 aliphatic carbocycles. The van der Waals surface area contributed by atoms with E-state index in [0.29, 0.717) is 44.4 Å². The van der Waals surface area contributed by atoms with E-state index in [1.165, 1.54) is 5.56 Å². The number of hydrogen-bond donors (Lipinski definition) is 2. The first-order valence-electron chi connectivity index (χ1n) is 14.6. The Morgan fingerprint density at radius 1 is 1.05 bits per heavy atom. The first-order chi connectivity index (χ1) is 19.5. The molecule has 1 saturated carbocycles. The monoisotopic (exact) mass is 558 g/mol. The van der Waals surface area contributed by atoms with Gasteiger partial charge < -0.3 is 20.2 Å². The number of aromatic nitrogens is 3. The van der Waals surface area contributed by atoms with Crippen LogP contribution in [-0.4, -0.2) is 74.6 Å². The van der Waals surface area contributed by atoms with Crippen molar-refractivity contribution in [1.82, 2.24) is 24.8 Å². The van der Waals surface area contributed by atoms with Gasteiger partial charge in [-0.2, -0.15) is 0 Å². The molecule has 0 unspecified atom stereocenters. The Bertz CT molecular complexity index is 1490. The van der Waals surface area contributed by atoms with E-state index in [-0.39, 0.29) is 35.0 Å². The molecule has 2 aromatic heterocycles. The number of likely N-dealkylation sites (tertiary alicyclic amines) is 1. The molecular formula is C31H38N6O4. The van der Waals surface area contributed by atoms with E-state index in [1.807, 2.05) is 18.0 Å². The van der Waals surface area contributed by atoms with Crippen molar-refractivity contribution < 1.29 is 19.5 Å². The highest BCUT2D eigenvalue weighted by Crippen LogP contribution is 2.46. The molecule has 0 spiro atoms. The normalized spacial score (nSPS) is 26.7. The highest BCUT2D eigenvalue weighted by atomic mass is 16.4. The fourth-order valence-electron chi connectivity index (χ4n) is 6.79. The summed E-state index contributed by atoms with van der Waals surface area (Å²) in [4.78, 5) is 46.0. The molecule has 3 aliphatic rings. The zero-order valence-corrected chi connectivity index (χ0v) is 24.0. The zero-order chi connectivity index (χ0) is 28.9. The SMILES string of the molecule is Cc1cc(N2CC[C@](C)(c3ccccc3)C2)cn2nc(C(=O)NC3CCN(C(=O)C4CC(C)(C(=O)O)C4)CC3)nc12. The molecular weight excluding hydrogens is 520 g/mol. The van der Waals surface area contributed by atoms with Crippen LogP contribution in [0.5, 0.6) is 0 Å². The van der Waals surface area contributed by atoms with E-state index in [4.69, 9.17) is 0 Å². The fraction of sp³-hybridized carbons (Fsp3) is 0.516. The van der Waals surface area contributed by atoms with Crippen molar-refractivity contribution in [1.29, 1.82) is 0 Å². The smallest absolute Gasteiger partial charge is 0.309 e. The molecule has 0 bridgehead atoms. The van der Waals surface area contributed by atoms with Gasteiger partial charge >= 0.3 is 5.97 Å². The Kier molecular flexibility index (Phi) is 6.74. The lowest BCUT2D eigenvalue weighted by molar-refractivity contribution is -0.161. The average Bonchev–Trinajstić information content (AvgIpc) is 3.57. The summed E-state index contributed by atoms with van der Waals surface area (Å²) in [5, 5.41) is 16.9. The third kappa shape index (κ3) is 5.04. The summed E-state index contributed by atoms with van der Waals surface area (Å²) in [5.74, 6) is -1.19. The van der Waals surface area contributed by atoms with Gasteiger partial charge in [0.15, 0.2) is 5.65 Å². The third-order valence-corrected chi connectivity index (χ3v) is 9.52. The molecule has 4 heterocycles. The van der Waals surface area contributed by atoms with Crippen LogP contribution in [0.2, 0.25) is 0 Å². The van der Waals surface area contributed by atoms with Gasteiger partial charge in [0, 0.05) is 43.6 Å². The van der Waals surface area contributed by atoms with Crippen molar-refractivity contribution in [2.24, 2.45) is 11.3 Å². The number of hydrogen-bond acceptors (Lipinski definition) is 6. The van der Waals surface area contributed by atoms with Crippen molar-refractivity contribution >= 4 is 29.1 Å². The van der Waals surface area contributed by atoms with Crippen LogP contribution in [0, 0.1) is 18.3 Å². The predicted molar refractivity (Wildman–Crippen MR) is 154 cm³/mol. The van der Waals surface area contributed by atoms with Crippen molar-refractivity contribution in [3.63, 3.8) is 0 Å². The number of aryl methyl sites for hydroxylation is 1. The minimum Gasteiger partial charge on any atom is -0.481 e. The number of carboxylic acids is 1. The summed E-state index contributed by atoms with van der Waals surface area (Å²) >= 11 is 0. The second-order valence-corrected chi connectivity index (χ2v) is 12.7. The number of pyridine rings is 1. The van der Waals surface area contributed by atoms with Gasteiger partial charge in [0.25, 0.3) is 5.91 Å². The maximum atomic E-state index is 13.1. The molecule has 2 aliphatic heterocycles. The lowest BCUT2D eigenvalue weighted by Crippen LogP contribution is -2.52. The summed E-state index contributed by atoms with van der Waals surface area (Å²) in [6.07, 6.45) is 5.10. The minimum absolute atomic E-state index is 0.0314. The fourth-order valence-corrected chi connectivity index (χ4v) is 6.79. The van der Waals surface area contributed by atoms with E-state index in [9.17, 15) is 19.5 Å². The number of carbonyl (C=O) groups excluding carboxylic acids is 2. The molecule has 6 rings (SSSR count). The summed E-state index contributed by atoms with van der Waals surface area (Å²) in [6.45, 7) is 8.95. The van der Waals surface area contributed by atoms with Gasteiger partial charge in [-0.05, 0) is 63.1 Å². The predicted octanol–water partition coefficient (Wildman–Crippen LogP) is 3.43. The molecule has 3 aromatic rings. The van der Waals surface area contributed by atoms with Crippen LogP contribution in [-0.2, 0) is 15.0 Å². The molecule has 1 aromatic carbocycles. The Morgan fingerprint density at radius 3 is 2.44 bits per heavy atom. The third-order valence-electron chi connectivity index (χ3n) is 9.52. The molecule has 2 saturated heterocycles. The average molecular weight is 559 g/mol. The first kappa shape index (κ1) is 27.2. The number of carbonyl (C=O) groups is 3. The lowest BCUT2D eigenvalue weighted by Gasteiger charge is -2.44. The quantitative estimate of drug-likeness (QED) is 0.476. The number of fused-ring (bicyclic) bond motifs is 1. The van der Waals surface area contributed by atoms with Crippen molar-refractivity contribution in [2.75, 3.05) is 31.1 Å². The van der Waals surface area contributed by atoms with Gasteiger partial charge in [-0.15, -0.1) is 5.10 Å². The largest absolute Gasteiger partial charge is 0.481 e. The molecule has 216 valence electrons. The van der Waals surface area contributed by atoms with E-state index in [2.05, 4.69) is 63.6 Å². The summed E-state index contributed by atoms with van der Waals surface area (Å²) in [5.41, 5.74) is 3.33. The highest BCUT2D eigenvalue weighted by molar-refractivity contribution is 5.91. The van der Waals surface area contributed by atoms with E-state index in [0.717, 1.165) is 30.8 Å². The van der Waals surface area contributed by atoms with Crippen LogP contribution in [0.4, 0.5) is 5.69 Å². The molecule has 2 amide bonds. The Labute approximate surface area is 239 Å². The number of piperidine rings is 1. The van der Waals surface area contributed by atoms with Gasteiger partial charge in [-0.25, -0.2) is 9.50 Å². The van der Waals surface area contributed by atoms with Crippen molar-refractivity contribution in [3.05, 3.63) is 59.5 Å². The second kappa shape index (κ2) is 10.2. The van der Waals surface area contributed by atoms with E-state index < -0.39 is 11.4 Å².